The van der Waals surface area contributed by atoms with Gasteiger partial charge in [0.1, 0.15) is 6.10 Å². The Labute approximate surface area is 119 Å². The molecule has 1 aromatic rings. The molecule has 20 heavy (non-hydrogen) atoms. The monoisotopic (exact) mass is 276 g/mol. The highest BCUT2D eigenvalue weighted by atomic mass is 16.8. The molecule has 0 aromatic heterocycles. The van der Waals surface area contributed by atoms with Gasteiger partial charge in [-0.3, -0.25) is 0 Å². The number of benzene rings is 1. The lowest BCUT2D eigenvalue weighted by Gasteiger charge is -2.24. The normalized spacial score (nSPS) is 22.2. The van der Waals surface area contributed by atoms with Gasteiger partial charge in [-0.25, -0.2) is 4.79 Å². The fourth-order valence-corrected chi connectivity index (χ4v) is 2.12. The van der Waals surface area contributed by atoms with Crippen LogP contribution in [0.15, 0.2) is 42.5 Å². The van der Waals surface area contributed by atoms with E-state index in [0.717, 1.165) is 5.57 Å². The van der Waals surface area contributed by atoms with Crippen molar-refractivity contribution in [2.45, 2.75) is 38.8 Å². The number of hydrogen-bond donors (Lipinski definition) is 0. The smallest absolute Gasteiger partial charge is 0.338 e. The Hall–Kier alpha value is -1.65. The summed E-state index contributed by atoms with van der Waals surface area (Å²) in [5, 5.41) is 0. The van der Waals surface area contributed by atoms with E-state index in [9.17, 15) is 4.79 Å². The van der Waals surface area contributed by atoms with Crippen molar-refractivity contribution < 1.29 is 19.0 Å². The number of ether oxygens (including phenoxy) is 3. The van der Waals surface area contributed by atoms with Crippen LogP contribution < -0.4 is 0 Å². The Morgan fingerprint density at radius 2 is 2.05 bits per heavy atom. The second kappa shape index (κ2) is 5.77. The summed E-state index contributed by atoms with van der Waals surface area (Å²) in [5.41, 5.74) is 1.25. The minimum Gasteiger partial charge on any atom is -0.451 e. The van der Waals surface area contributed by atoms with Crippen molar-refractivity contribution in [3.8, 4) is 0 Å². The maximum Gasteiger partial charge on any atom is 0.338 e. The van der Waals surface area contributed by atoms with Crippen LogP contribution >= 0.6 is 0 Å². The van der Waals surface area contributed by atoms with Gasteiger partial charge in [-0.15, -0.1) is 0 Å². The molecular formula is C16H20O4. The van der Waals surface area contributed by atoms with Crippen LogP contribution in [0.1, 0.15) is 31.1 Å². The van der Waals surface area contributed by atoms with Gasteiger partial charge in [-0.1, -0.05) is 24.8 Å². The zero-order valence-corrected chi connectivity index (χ0v) is 12.1. The summed E-state index contributed by atoms with van der Waals surface area (Å²) in [5.74, 6) is -1.04. The Morgan fingerprint density at radius 3 is 2.55 bits per heavy atom. The van der Waals surface area contributed by atoms with E-state index in [1.807, 2.05) is 26.8 Å². The molecule has 1 aliphatic heterocycles. The standard InChI is InChI=1S/C16H20O4/c1-11(2)14(13-10-18-16(3,4)20-13)19-15(17)12-8-6-5-7-9-12/h5-9,13-14H,1,10H2,2-4H3/t13-,14-/m0/s1. The van der Waals surface area contributed by atoms with Crippen molar-refractivity contribution in [1.29, 1.82) is 0 Å². The van der Waals surface area contributed by atoms with Crippen LogP contribution in [0.5, 0.6) is 0 Å². The molecule has 1 aliphatic rings. The Kier molecular flexibility index (Phi) is 4.26. The van der Waals surface area contributed by atoms with E-state index < -0.39 is 11.9 Å². The molecule has 1 saturated heterocycles. The number of carbonyl (C=O) groups excluding carboxylic acids is 1. The topological polar surface area (TPSA) is 44.8 Å². The average molecular weight is 276 g/mol. The molecular weight excluding hydrogens is 256 g/mol. The second-order valence-corrected chi connectivity index (χ2v) is 5.41. The molecule has 2 rings (SSSR count). The SMILES string of the molecule is C=C(C)[C@H](OC(=O)c1ccccc1)[C@@H]1COC(C)(C)O1. The van der Waals surface area contributed by atoms with Crippen LogP contribution in [-0.4, -0.2) is 30.6 Å². The fourth-order valence-electron chi connectivity index (χ4n) is 2.12. The summed E-state index contributed by atoms with van der Waals surface area (Å²) in [6.45, 7) is 9.75. The van der Waals surface area contributed by atoms with Crippen molar-refractivity contribution >= 4 is 5.97 Å². The van der Waals surface area contributed by atoms with E-state index in [4.69, 9.17) is 14.2 Å². The molecule has 0 radical (unpaired) electrons. The van der Waals surface area contributed by atoms with Gasteiger partial charge < -0.3 is 14.2 Å². The number of hydrogen-bond acceptors (Lipinski definition) is 4. The van der Waals surface area contributed by atoms with Crippen molar-refractivity contribution in [2.75, 3.05) is 6.61 Å². The number of esters is 1. The predicted molar refractivity (Wildman–Crippen MR) is 75.4 cm³/mol. The Morgan fingerprint density at radius 1 is 1.40 bits per heavy atom. The first kappa shape index (κ1) is 14.8. The zero-order valence-electron chi connectivity index (χ0n) is 12.1. The molecule has 0 aliphatic carbocycles. The molecule has 1 aromatic carbocycles. The zero-order chi connectivity index (χ0) is 14.8. The summed E-state index contributed by atoms with van der Waals surface area (Å²) in [4.78, 5) is 12.1. The summed E-state index contributed by atoms with van der Waals surface area (Å²) >= 11 is 0. The number of rotatable bonds is 4. The van der Waals surface area contributed by atoms with E-state index in [0.29, 0.717) is 12.2 Å². The first-order valence-electron chi connectivity index (χ1n) is 6.62. The second-order valence-electron chi connectivity index (χ2n) is 5.41. The van der Waals surface area contributed by atoms with Gasteiger partial charge in [0.25, 0.3) is 0 Å². The van der Waals surface area contributed by atoms with Gasteiger partial charge in [-0.05, 0) is 38.5 Å². The summed E-state index contributed by atoms with van der Waals surface area (Å²) in [6, 6.07) is 8.88. The number of carbonyl (C=O) groups is 1. The molecule has 0 N–H and O–H groups in total. The van der Waals surface area contributed by atoms with Gasteiger partial charge in [-0.2, -0.15) is 0 Å². The lowest BCUT2D eigenvalue weighted by atomic mass is 10.1. The summed E-state index contributed by atoms with van der Waals surface area (Å²) in [7, 11) is 0. The fraction of sp³-hybridized carbons (Fsp3) is 0.438. The third kappa shape index (κ3) is 3.46. The molecule has 2 atom stereocenters. The molecule has 1 heterocycles. The minimum absolute atomic E-state index is 0.324. The lowest BCUT2D eigenvalue weighted by Crippen LogP contribution is -2.35. The summed E-state index contributed by atoms with van der Waals surface area (Å²) in [6.07, 6.45) is -0.834. The van der Waals surface area contributed by atoms with E-state index >= 15 is 0 Å². The van der Waals surface area contributed by atoms with Gasteiger partial charge in [0.2, 0.25) is 0 Å². The van der Waals surface area contributed by atoms with E-state index in [1.165, 1.54) is 0 Å². The molecule has 0 amide bonds. The average Bonchev–Trinajstić information content (AvgIpc) is 2.76. The molecule has 0 saturated carbocycles. The lowest BCUT2D eigenvalue weighted by molar-refractivity contribution is -0.148. The van der Waals surface area contributed by atoms with Crippen LogP contribution in [0, 0.1) is 0 Å². The highest BCUT2D eigenvalue weighted by molar-refractivity contribution is 5.89. The van der Waals surface area contributed by atoms with E-state index in [2.05, 4.69) is 6.58 Å². The predicted octanol–water partition coefficient (Wildman–Crippen LogP) is 2.94. The molecule has 0 spiro atoms. The minimum atomic E-state index is -0.655. The third-order valence-corrected chi connectivity index (χ3v) is 3.10. The van der Waals surface area contributed by atoms with Crippen LogP contribution in [0.2, 0.25) is 0 Å². The van der Waals surface area contributed by atoms with Crippen molar-refractivity contribution in [1.82, 2.24) is 0 Å². The van der Waals surface area contributed by atoms with E-state index in [-0.39, 0.29) is 12.1 Å². The molecule has 1 fully saturated rings. The maximum atomic E-state index is 12.1. The molecule has 4 heteroatoms. The van der Waals surface area contributed by atoms with Gasteiger partial charge >= 0.3 is 5.97 Å². The van der Waals surface area contributed by atoms with Crippen LogP contribution in [-0.2, 0) is 14.2 Å². The third-order valence-electron chi connectivity index (χ3n) is 3.10. The van der Waals surface area contributed by atoms with Gasteiger partial charge in [0.15, 0.2) is 11.9 Å². The van der Waals surface area contributed by atoms with Gasteiger partial charge in [0.05, 0.1) is 12.2 Å². The van der Waals surface area contributed by atoms with Crippen LogP contribution in [0.4, 0.5) is 0 Å². The van der Waals surface area contributed by atoms with Crippen molar-refractivity contribution in [3.63, 3.8) is 0 Å². The van der Waals surface area contributed by atoms with Crippen molar-refractivity contribution in [3.05, 3.63) is 48.0 Å². The van der Waals surface area contributed by atoms with E-state index in [1.54, 1.807) is 24.3 Å². The van der Waals surface area contributed by atoms with Crippen LogP contribution in [0.3, 0.4) is 0 Å². The first-order chi connectivity index (χ1) is 9.39. The van der Waals surface area contributed by atoms with Crippen LogP contribution in [0.25, 0.3) is 0 Å². The molecule has 108 valence electrons. The summed E-state index contributed by atoms with van der Waals surface area (Å²) < 4.78 is 16.8. The largest absolute Gasteiger partial charge is 0.451 e. The molecule has 0 unspecified atom stereocenters. The quantitative estimate of drug-likeness (QED) is 0.626. The first-order valence-corrected chi connectivity index (χ1v) is 6.62. The highest BCUT2D eigenvalue weighted by Gasteiger charge is 2.39. The highest BCUT2D eigenvalue weighted by Crippen LogP contribution is 2.28. The Bertz CT molecular complexity index is 492. The molecule has 4 nitrogen and oxygen atoms in total. The maximum absolute atomic E-state index is 12.1. The Balaban J connectivity index is 2.07. The van der Waals surface area contributed by atoms with Crippen molar-refractivity contribution in [2.24, 2.45) is 0 Å². The van der Waals surface area contributed by atoms with Gasteiger partial charge in [0, 0.05) is 0 Å². The molecule has 0 bridgehead atoms.